The van der Waals surface area contributed by atoms with Gasteiger partial charge in [0.1, 0.15) is 0 Å². The SMILES string of the molecule is CCCC(CNN)c1ccc(Cl)c(Cl)c1. The zero-order valence-corrected chi connectivity index (χ0v) is 10.3. The highest BCUT2D eigenvalue weighted by atomic mass is 35.5. The van der Waals surface area contributed by atoms with Crippen molar-refractivity contribution in [1.82, 2.24) is 5.43 Å². The van der Waals surface area contributed by atoms with Crippen LogP contribution in [0.2, 0.25) is 10.0 Å². The Labute approximate surface area is 101 Å². The van der Waals surface area contributed by atoms with Crippen molar-refractivity contribution in [2.75, 3.05) is 6.54 Å². The predicted molar refractivity (Wildman–Crippen MR) is 66.3 cm³/mol. The molecule has 0 heterocycles. The molecule has 0 aromatic heterocycles. The molecule has 4 heteroatoms. The first kappa shape index (κ1) is 12.8. The number of rotatable bonds is 5. The molecule has 1 atom stereocenters. The molecule has 0 spiro atoms. The van der Waals surface area contributed by atoms with Gasteiger partial charge in [0.25, 0.3) is 0 Å². The van der Waals surface area contributed by atoms with Crippen LogP contribution in [0.3, 0.4) is 0 Å². The van der Waals surface area contributed by atoms with Gasteiger partial charge in [-0.05, 0) is 30.0 Å². The second kappa shape index (κ2) is 6.33. The summed E-state index contributed by atoms with van der Waals surface area (Å²) in [7, 11) is 0. The standard InChI is InChI=1S/C11H16Cl2N2/c1-2-3-9(7-15-14)8-4-5-10(12)11(13)6-8/h4-6,9,15H,2-3,7,14H2,1H3. The number of hydrogen-bond acceptors (Lipinski definition) is 2. The molecule has 0 aliphatic rings. The van der Waals surface area contributed by atoms with Crippen LogP contribution < -0.4 is 11.3 Å². The van der Waals surface area contributed by atoms with Crippen molar-refractivity contribution in [3.05, 3.63) is 33.8 Å². The van der Waals surface area contributed by atoms with E-state index in [1.807, 2.05) is 18.2 Å². The highest BCUT2D eigenvalue weighted by Crippen LogP contribution is 2.28. The van der Waals surface area contributed by atoms with E-state index in [0.717, 1.165) is 19.4 Å². The van der Waals surface area contributed by atoms with Gasteiger partial charge in [0.05, 0.1) is 10.0 Å². The molecular weight excluding hydrogens is 231 g/mol. The first-order valence-corrected chi connectivity index (χ1v) is 5.83. The van der Waals surface area contributed by atoms with Gasteiger partial charge >= 0.3 is 0 Å². The Morgan fingerprint density at radius 1 is 1.33 bits per heavy atom. The lowest BCUT2D eigenvalue weighted by Crippen LogP contribution is -2.27. The molecule has 0 bridgehead atoms. The van der Waals surface area contributed by atoms with Crippen LogP contribution in [0.1, 0.15) is 31.2 Å². The summed E-state index contributed by atoms with van der Waals surface area (Å²) < 4.78 is 0. The Morgan fingerprint density at radius 3 is 2.60 bits per heavy atom. The smallest absolute Gasteiger partial charge is 0.0595 e. The highest BCUT2D eigenvalue weighted by molar-refractivity contribution is 6.42. The summed E-state index contributed by atoms with van der Waals surface area (Å²) in [6.45, 7) is 2.91. The fourth-order valence-electron chi connectivity index (χ4n) is 1.64. The van der Waals surface area contributed by atoms with E-state index >= 15 is 0 Å². The molecule has 2 nitrogen and oxygen atoms in total. The lowest BCUT2D eigenvalue weighted by atomic mass is 9.95. The molecule has 15 heavy (non-hydrogen) atoms. The molecule has 1 aromatic rings. The molecule has 0 saturated heterocycles. The van der Waals surface area contributed by atoms with E-state index in [9.17, 15) is 0 Å². The Bertz CT molecular complexity index is 309. The molecule has 1 aromatic carbocycles. The van der Waals surface area contributed by atoms with E-state index in [2.05, 4.69) is 12.3 Å². The van der Waals surface area contributed by atoms with Crippen LogP contribution in [0.15, 0.2) is 18.2 Å². The summed E-state index contributed by atoms with van der Waals surface area (Å²) in [5.41, 5.74) is 3.89. The van der Waals surface area contributed by atoms with Gasteiger partial charge in [0, 0.05) is 6.54 Å². The molecule has 1 rings (SSSR count). The average molecular weight is 247 g/mol. The van der Waals surface area contributed by atoms with Crippen LogP contribution in [0, 0.1) is 0 Å². The van der Waals surface area contributed by atoms with Crippen LogP contribution in [0.4, 0.5) is 0 Å². The monoisotopic (exact) mass is 246 g/mol. The van der Waals surface area contributed by atoms with Crippen molar-refractivity contribution in [2.24, 2.45) is 5.84 Å². The Balaban J connectivity index is 2.85. The highest BCUT2D eigenvalue weighted by Gasteiger charge is 2.11. The van der Waals surface area contributed by atoms with Crippen molar-refractivity contribution in [3.8, 4) is 0 Å². The molecule has 3 N–H and O–H groups in total. The minimum Gasteiger partial charge on any atom is -0.271 e. The summed E-state index contributed by atoms with van der Waals surface area (Å²) in [6, 6.07) is 5.76. The van der Waals surface area contributed by atoms with Crippen molar-refractivity contribution >= 4 is 23.2 Å². The number of nitrogens with two attached hydrogens (primary N) is 1. The second-order valence-corrected chi connectivity index (χ2v) is 4.38. The Morgan fingerprint density at radius 2 is 2.07 bits per heavy atom. The lowest BCUT2D eigenvalue weighted by Gasteiger charge is -2.16. The topological polar surface area (TPSA) is 38.0 Å². The minimum absolute atomic E-state index is 0.398. The first-order valence-electron chi connectivity index (χ1n) is 5.07. The molecule has 0 aliphatic heterocycles. The molecule has 0 amide bonds. The maximum Gasteiger partial charge on any atom is 0.0595 e. The Kier molecular flexibility index (Phi) is 5.40. The van der Waals surface area contributed by atoms with E-state index in [-0.39, 0.29) is 0 Å². The first-order chi connectivity index (χ1) is 7.19. The number of hydrogen-bond donors (Lipinski definition) is 2. The summed E-state index contributed by atoms with van der Waals surface area (Å²) >= 11 is 11.8. The van der Waals surface area contributed by atoms with E-state index in [1.54, 1.807) is 0 Å². The lowest BCUT2D eigenvalue weighted by molar-refractivity contribution is 0.556. The normalized spacial score (nSPS) is 12.8. The van der Waals surface area contributed by atoms with E-state index in [4.69, 9.17) is 29.0 Å². The van der Waals surface area contributed by atoms with Gasteiger partial charge in [-0.15, -0.1) is 0 Å². The van der Waals surface area contributed by atoms with Crippen molar-refractivity contribution in [2.45, 2.75) is 25.7 Å². The third-order valence-corrected chi connectivity index (χ3v) is 3.16. The maximum absolute atomic E-state index is 5.97. The molecule has 0 fully saturated rings. The maximum atomic E-state index is 5.97. The van der Waals surface area contributed by atoms with E-state index in [0.29, 0.717) is 16.0 Å². The number of hydrazine groups is 1. The van der Waals surface area contributed by atoms with Crippen LogP contribution >= 0.6 is 23.2 Å². The van der Waals surface area contributed by atoms with Gasteiger partial charge in [-0.1, -0.05) is 42.6 Å². The van der Waals surface area contributed by atoms with Crippen LogP contribution in [0.5, 0.6) is 0 Å². The van der Waals surface area contributed by atoms with E-state index in [1.165, 1.54) is 5.56 Å². The number of nitrogens with one attached hydrogen (secondary N) is 1. The van der Waals surface area contributed by atoms with Crippen molar-refractivity contribution < 1.29 is 0 Å². The molecule has 0 radical (unpaired) electrons. The van der Waals surface area contributed by atoms with Crippen LogP contribution in [-0.4, -0.2) is 6.54 Å². The fraction of sp³-hybridized carbons (Fsp3) is 0.455. The summed E-state index contributed by atoms with van der Waals surface area (Å²) in [5, 5.41) is 1.20. The zero-order chi connectivity index (χ0) is 11.3. The molecule has 84 valence electrons. The van der Waals surface area contributed by atoms with E-state index < -0.39 is 0 Å². The summed E-state index contributed by atoms with van der Waals surface area (Å²) in [4.78, 5) is 0. The third kappa shape index (κ3) is 3.65. The summed E-state index contributed by atoms with van der Waals surface area (Å²) in [5.74, 6) is 5.75. The van der Waals surface area contributed by atoms with Crippen molar-refractivity contribution in [1.29, 1.82) is 0 Å². The fourth-order valence-corrected chi connectivity index (χ4v) is 1.95. The predicted octanol–water partition coefficient (Wildman–Crippen LogP) is 3.34. The third-order valence-electron chi connectivity index (χ3n) is 2.42. The molecular formula is C11H16Cl2N2. The second-order valence-electron chi connectivity index (χ2n) is 3.57. The molecule has 1 unspecified atom stereocenters. The van der Waals surface area contributed by atoms with Gasteiger partial charge in [-0.25, -0.2) is 0 Å². The number of benzene rings is 1. The van der Waals surface area contributed by atoms with Gasteiger partial charge in [-0.2, -0.15) is 0 Å². The van der Waals surface area contributed by atoms with Gasteiger partial charge in [-0.3, -0.25) is 11.3 Å². The van der Waals surface area contributed by atoms with Gasteiger partial charge in [0.15, 0.2) is 0 Å². The van der Waals surface area contributed by atoms with Gasteiger partial charge in [0.2, 0.25) is 0 Å². The minimum atomic E-state index is 0.398. The van der Waals surface area contributed by atoms with Crippen LogP contribution in [0.25, 0.3) is 0 Å². The summed E-state index contributed by atoms with van der Waals surface area (Å²) in [6.07, 6.45) is 2.20. The molecule has 0 saturated carbocycles. The van der Waals surface area contributed by atoms with Gasteiger partial charge < -0.3 is 0 Å². The zero-order valence-electron chi connectivity index (χ0n) is 8.76. The van der Waals surface area contributed by atoms with Crippen molar-refractivity contribution in [3.63, 3.8) is 0 Å². The molecule has 0 aliphatic carbocycles. The quantitative estimate of drug-likeness (QED) is 0.618. The number of halogens is 2. The van der Waals surface area contributed by atoms with Crippen LogP contribution in [-0.2, 0) is 0 Å². The largest absolute Gasteiger partial charge is 0.271 e. The Hall–Kier alpha value is -0.280. The average Bonchev–Trinajstić information content (AvgIpc) is 2.22.